The van der Waals surface area contributed by atoms with Gasteiger partial charge in [-0.05, 0) is 68.3 Å². The number of furan rings is 1. The first-order chi connectivity index (χ1) is 30.7. The lowest BCUT2D eigenvalue weighted by Crippen LogP contribution is -2.29. The second-order valence-corrected chi connectivity index (χ2v) is 16.1. The lowest BCUT2D eigenvalue weighted by molar-refractivity contribution is 0.669. The van der Waals surface area contributed by atoms with Crippen LogP contribution in [0.3, 0.4) is 0 Å². The van der Waals surface area contributed by atoms with Crippen molar-refractivity contribution in [3.63, 3.8) is 0 Å². The molecule has 2 aliphatic rings. The van der Waals surface area contributed by atoms with Crippen LogP contribution < -0.4 is 0 Å². The van der Waals surface area contributed by atoms with Gasteiger partial charge >= 0.3 is 0 Å². The lowest BCUT2D eigenvalue weighted by atomic mass is 9.65. The van der Waals surface area contributed by atoms with Crippen LogP contribution in [0.5, 0.6) is 0 Å². The second kappa shape index (κ2) is 13.4. The van der Waals surface area contributed by atoms with Crippen molar-refractivity contribution in [2.24, 2.45) is 0 Å². The molecule has 1 unspecified atom stereocenters. The fourth-order valence-corrected chi connectivity index (χ4v) is 10.2. The number of hydrogen-bond donors (Lipinski definition) is 0. The molecule has 8 aromatic carbocycles. The molecule has 1 spiro atoms. The summed E-state index contributed by atoms with van der Waals surface area (Å²) in [5, 5.41) is 2.24. The Morgan fingerprint density at radius 2 is 0.919 bits per heavy atom. The molecule has 0 aliphatic heterocycles. The summed E-state index contributed by atoms with van der Waals surface area (Å²) in [6.07, 6.45) is 3.72. The molecule has 0 saturated carbocycles. The molecule has 0 radical (unpaired) electrons. The van der Waals surface area contributed by atoms with E-state index in [0.29, 0.717) is 11.6 Å². The second-order valence-electron chi connectivity index (χ2n) is 16.1. The summed E-state index contributed by atoms with van der Waals surface area (Å²) in [4.78, 5) is 20.0. The normalized spacial score (nSPS) is 14.5. The number of nitrogens with zero attached hydrogens (tertiary/aromatic N) is 4. The Kier molecular flexibility index (Phi) is 7.45. The van der Waals surface area contributed by atoms with Gasteiger partial charge in [0, 0.05) is 51.0 Å². The summed E-state index contributed by atoms with van der Waals surface area (Å²) in [7, 11) is 0. The molecule has 1 atom stereocenters. The zero-order chi connectivity index (χ0) is 40.8. The van der Waals surface area contributed by atoms with E-state index in [1.165, 1.54) is 50.1 Å². The molecule has 288 valence electrons. The third kappa shape index (κ3) is 4.96. The zero-order valence-electron chi connectivity index (χ0n) is 33.3. The molecule has 2 aliphatic carbocycles. The lowest BCUT2D eigenvalue weighted by Gasteiger charge is -2.35. The Morgan fingerprint density at radius 3 is 1.65 bits per heavy atom. The summed E-state index contributed by atoms with van der Waals surface area (Å²) >= 11 is 0. The highest BCUT2D eigenvalue weighted by atomic mass is 16.3. The minimum Gasteiger partial charge on any atom is -0.455 e. The topological polar surface area (TPSA) is 64.7 Å². The molecule has 3 heterocycles. The van der Waals surface area contributed by atoms with Crippen LogP contribution in [0.2, 0.25) is 0 Å². The van der Waals surface area contributed by atoms with Crippen molar-refractivity contribution >= 4 is 21.9 Å². The largest absolute Gasteiger partial charge is 0.455 e. The molecule has 0 saturated heterocycles. The van der Waals surface area contributed by atoms with Crippen molar-refractivity contribution < 1.29 is 4.42 Å². The summed E-state index contributed by atoms with van der Waals surface area (Å²) in [5.74, 6) is 1.30. The van der Waals surface area contributed by atoms with Crippen LogP contribution in [-0.4, -0.2) is 19.9 Å². The number of aromatic nitrogens is 4. The van der Waals surface area contributed by atoms with Crippen LogP contribution in [0.1, 0.15) is 22.3 Å². The molecule has 13 rings (SSSR count). The molecule has 5 nitrogen and oxygen atoms in total. The summed E-state index contributed by atoms with van der Waals surface area (Å²) < 4.78 is 6.86. The molecule has 0 bridgehead atoms. The number of fused-ring (bicyclic) bond motifs is 16. The van der Waals surface area contributed by atoms with Crippen LogP contribution in [0.15, 0.2) is 211 Å². The fraction of sp³-hybridized carbons (Fsp3) is 0.0175. The Hall–Kier alpha value is -8.28. The SMILES string of the molecule is c1ccc(-c2ncc(-c3cc(-c4ccc5c(c4)C4(c6ccccc6-c6ccccc6-5)c5ccccc5-c5c4ccc4c5oc5ccccc54)nc(-c4ccccc4)n3)cn2)cc1. The van der Waals surface area contributed by atoms with E-state index in [1.54, 1.807) is 0 Å². The maximum atomic E-state index is 6.86. The van der Waals surface area contributed by atoms with Gasteiger partial charge in [0.25, 0.3) is 0 Å². The van der Waals surface area contributed by atoms with Crippen LogP contribution in [-0.2, 0) is 5.41 Å². The van der Waals surface area contributed by atoms with E-state index >= 15 is 0 Å². The van der Waals surface area contributed by atoms with Gasteiger partial charge in [-0.1, -0.05) is 176 Å². The van der Waals surface area contributed by atoms with E-state index in [4.69, 9.17) is 24.4 Å². The highest BCUT2D eigenvalue weighted by Crippen LogP contribution is 2.63. The molecule has 5 heteroatoms. The van der Waals surface area contributed by atoms with Crippen LogP contribution in [0, 0.1) is 0 Å². The minimum atomic E-state index is -0.709. The minimum absolute atomic E-state index is 0.634. The highest BCUT2D eigenvalue weighted by molar-refractivity contribution is 6.13. The maximum absolute atomic E-state index is 6.86. The van der Waals surface area contributed by atoms with Crippen molar-refractivity contribution in [2.45, 2.75) is 5.41 Å². The monoisotopic (exact) mass is 790 g/mol. The van der Waals surface area contributed by atoms with Crippen molar-refractivity contribution in [1.29, 1.82) is 0 Å². The van der Waals surface area contributed by atoms with Gasteiger partial charge < -0.3 is 4.42 Å². The van der Waals surface area contributed by atoms with Crippen molar-refractivity contribution in [3.8, 4) is 78.7 Å². The first kappa shape index (κ1) is 34.6. The van der Waals surface area contributed by atoms with E-state index in [2.05, 4.69) is 140 Å². The predicted molar refractivity (Wildman–Crippen MR) is 248 cm³/mol. The molecule has 0 N–H and O–H groups in total. The van der Waals surface area contributed by atoms with Crippen molar-refractivity contribution in [2.75, 3.05) is 0 Å². The molecule has 11 aromatic rings. The number of para-hydroxylation sites is 1. The van der Waals surface area contributed by atoms with Gasteiger partial charge in [0.2, 0.25) is 0 Å². The number of rotatable bonds is 4. The summed E-state index contributed by atoms with van der Waals surface area (Å²) in [5.41, 5.74) is 18.3. The maximum Gasteiger partial charge on any atom is 0.160 e. The van der Waals surface area contributed by atoms with E-state index in [9.17, 15) is 0 Å². The van der Waals surface area contributed by atoms with Crippen LogP contribution >= 0.6 is 0 Å². The highest BCUT2D eigenvalue weighted by Gasteiger charge is 2.50. The van der Waals surface area contributed by atoms with Gasteiger partial charge in [-0.25, -0.2) is 19.9 Å². The van der Waals surface area contributed by atoms with Crippen LogP contribution in [0.4, 0.5) is 0 Å². The number of benzene rings is 8. The molecular formula is C57H34N4O. The Bertz CT molecular complexity index is 3580. The Morgan fingerprint density at radius 1 is 0.355 bits per heavy atom. The average molecular weight is 791 g/mol. The first-order valence-electron chi connectivity index (χ1n) is 21.0. The third-order valence-corrected chi connectivity index (χ3v) is 12.8. The van der Waals surface area contributed by atoms with E-state index in [-0.39, 0.29) is 0 Å². The Labute approximate surface area is 357 Å². The van der Waals surface area contributed by atoms with Crippen molar-refractivity contribution in [3.05, 3.63) is 229 Å². The van der Waals surface area contributed by atoms with Gasteiger partial charge in [0.15, 0.2) is 11.6 Å². The smallest absolute Gasteiger partial charge is 0.160 e. The molecular weight excluding hydrogens is 757 g/mol. The van der Waals surface area contributed by atoms with E-state index < -0.39 is 5.41 Å². The summed E-state index contributed by atoms with van der Waals surface area (Å²) in [6.45, 7) is 0. The first-order valence-corrected chi connectivity index (χ1v) is 21.0. The fourth-order valence-electron chi connectivity index (χ4n) is 10.2. The van der Waals surface area contributed by atoms with Gasteiger partial charge in [-0.3, -0.25) is 0 Å². The van der Waals surface area contributed by atoms with Gasteiger partial charge in [0.1, 0.15) is 11.2 Å². The van der Waals surface area contributed by atoms with Gasteiger partial charge in [-0.2, -0.15) is 0 Å². The number of hydrogen-bond acceptors (Lipinski definition) is 5. The van der Waals surface area contributed by atoms with Gasteiger partial charge in [0.05, 0.1) is 16.8 Å². The molecule has 0 amide bonds. The summed E-state index contributed by atoms with van der Waals surface area (Å²) in [6, 6.07) is 68.9. The quantitative estimate of drug-likeness (QED) is 0.178. The molecule has 0 fully saturated rings. The average Bonchev–Trinajstić information content (AvgIpc) is 3.85. The zero-order valence-corrected chi connectivity index (χ0v) is 33.3. The standard InChI is InChI=1S/C57H34N4O/c1-3-15-35(16-4-1)55-58-33-38(34-59-55)51-32-50(60-56(61-51)36-17-5-2-6-18-36)37-27-28-42-40-20-8-7-19-39(40)41-21-9-12-24-46(41)57(49(42)31-37)47-25-13-10-23-45(47)53-48(57)30-29-44-43-22-11-14-26-52(43)62-54(44)53/h1-34H. The van der Waals surface area contributed by atoms with E-state index in [1.807, 2.05) is 67.0 Å². The molecule has 3 aromatic heterocycles. The Balaban J connectivity index is 1.10. The van der Waals surface area contributed by atoms with Crippen molar-refractivity contribution in [1.82, 2.24) is 19.9 Å². The van der Waals surface area contributed by atoms with Gasteiger partial charge in [-0.15, -0.1) is 0 Å². The van der Waals surface area contributed by atoms with E-state index in [0.717, 1.165) is 61.1 Å². The predicted octanol–water partition coefficient (Wildman–Crippen LogP) is 13.8. The third-order valence-electron chi connectivity index (χ3n) is 12.8. The molecule has 62 heavy (non-hydrogen) atoms. The van der Waals surface area contributed by atoms with Crippen LogP contribution in [0.25, 0.3) is 101 Å².